The summed E-state index contributed by atoms with van der Waals surface area (Å²) in [5.41, 5.74) is 4.90. The molecule has 0 bridgehead atoms. The SMILES string of the molecule is NC(=O)CCC(NS(=O)(=O)c1ccc(F)cc1Br)C(=O)O. The van der Waals surface area contributed by atoms with Gasteiger partial charge in [0.25, 0.3) is 0 Å². The first kappa shape index (κ1) is 17.5. The molecule has 0 radical (unpaired) electrons. The van der Waals surface area contributed by atoms with Gasteiger partial charge in [0, 0.05) is 10.9 Å². The van der Waals surface area contributed by atoms with E-state index in [9.17, 15) is 22.4 Å². The third kappa shape index (κ3) is 5.06. The summed E-state index contributed by atoms with van der Waals surface area (Å²) in [4.78, 5) is 21.4. The minimum absolute atomic E-state index is 0.0472. The topological polar surface area (TPSA) is 127 Å². The van der Waals surface area contributed by atoms with Crippen LogP contribution in [0, 0.1) is 5.82 Å². The van der Waals surface area contributed by atoms with Crippen LogP contribution in [0.1, 0.15) is 12.8 Å². The van der Waals surface area contributed by atoms with Gasteiger partial charge in [0.05, 0.1) is 4.90 Å². The fourth-order valence-electron chi connectivity index (χ4n) is 1.46. The van der Waals surface area contributed by atoms with Crippen molar-refractivity contribution in [3.05, 3.63) is 28.5 Å². The third-order valence-electron chi connectivity index (χ3n) is 2.46. The van der Waals surface area contributed by atoms with Gasteiger partial charge in [0.1, 0.15) is 11.9 Å². The molecule has 0 saturated heterocycles. The highest BCUT2D eigenvalue weighted by molar-refractivity contribution is 9.10. The van der Waals surface area contributed by atoms with Crippen molar-refractivity contribution in [1.82, 2.24) is 4.72 Å². The predicted molar refractivity (Wildman–Crippen MR) is 74.3 cm³/mol. The standard InChI is InChI=1S/C11H12BrFN2O5S/c12-7-5-6(13)1-3-9(7)21(19,20)15-8(11(17)18)2-4-10(14)16/h1,3,5,8,15H,2,4H2,(H2,14,16)(H,17,18). The molecular formula is C11H12BrFN2O5S. The monoisotopic (exact) mass is 382 g/mol. The molecule has 1 rings (SSSR count). The molecule has 4 N–H and O–H groups in total. The first-order chi connectivity index (χ1) is 9.63. The molecule has 0 aliphatic carbocycles. The van der Waals surface area contributed by atoms with E-state index in [4.69, 9.17) is 10.8 Å². The molecule has 1 aromatic rings. The average molecular weight is 383 g/mol. The second-order valence-corrected chi connectivity index (χ2v) is 6.63. The van der Waals surface area contributed by atoms with Gasteiger partial charge in [0.15, 0.2) is 0 Å². The maximum absolute atomic E-state index is 12.9. The summed E-state index contributed by atoms with van der Waals surface area (Å²) in [5.74, 6) is -2.84. The number of sulfonamides is 1. The molecule has 0 saturated carbocycles. The molecule has 0 aromatic heterocycles. The molecule has 0 spiro atoms. The number of hydrogen-bond donors (Lipinski definition) is 3. The highest BCUT2D eigenvalue weighted by Gasteiger charge is 2.27. The van der Waals surface area contributed by atoms with Gasteiger partial charge in [-0.25, -0.2) is 12.8 Å². The van der Waals surface area contributed by atoms with Gasteiger partial charge in [-0.3, -0.25) is 9.59 Å². The normalized spacial score (nSPS) is 12.9. The number of carboxylic acids is 1. The fourth-order valence-corrected chi connectivity index (χ4v) is 3.74. The van der Waals surface area contributed by atoms with Crippen molar-refractivity contribution in [3.8, 4) is 0 Å². The zero-order valence-corrected chi connectivity index (χ0v) is 12.9. The number of amides is 1. The van der Waals surface area contributed by atoms with Gasteiger partial charge >= 0.3 is 5.97 Å². The molecule has 1 unspecified atom stereocenters. The number of hydrogen-bond acceptors (Lipinski definition) is 4. The Morgan fingerprint density at radius 2 is 2.05 bits per heavy atom. The number of carboxylic acid groups (broad SMARTS) is 1. The molecule has 0 aliphatic rings. The Labute approximate surface area is 128 Å². The van der Waals surface area contributed by atoms with Crippen molar-refractivity contribution in [2.24, 2.45) is 5.73 Å². The van der Waals surface area contributed by atoms with Gasteiger partial charge in [-0.15, -0.1) is 0 Å². The minimum atomic E-state index is -4.20. The number of primary amides is 1. The zero-order valence-electron chi connectivity index (χ0n) is 10.5. The Bertz CT molecular complexity index is 665. The molecule has 7 nitrogen and oxygen atoms in total. The van der Waals surface area contributed by atoms with Crippen molar-refractivity contribution in [2.75, 3.05) is 0 Å². The van der Waals surface area contributed by atoms with Gasteiger partial charge in [0.2, 0.25) is 15.9 Å². The van der Waals surface area contributed by atoms with E-state index in [1.165, 1.54) is 0 Å². The summed E-state index contributed by atoms with van der Waals surface area (Å²) in [5, 5.41) is 8.96. The van der Waals surface area contributed by atoms with Gasteiger partial charge in [-0.2, -0.15) is 4.72 Å². The molecule has 116 valence electrons. The van der Waals surface area contributed by atoms with E-state index in [2.05, 4.69) is 15.9 Å². The van der Waals surface area contributed by atoms with Crippen molar-refractivity contribution in [3.63, 3.8) is 0 Å². The van der Waals surface area contributed by atoms with Crippen molar-refractivity contribution in [1.29, 1.82) is 0 Å². The van der Waals surface area contributed by atoms with Crippen LogP contribution in [0.25, 0.3) is 0 Å². The molecule has 1 amide bonds. The lowest BCUT2D eigenvalue weighted by Gasteiger charge is -2.15. The highest BCUT2D eigenvalue weighted by Crippen LogP contribution is 2.23. The van der Waals surface area contributed by atoms with Crippen LogP contribution in [0.15, 0.2) is 27.6 Å². The second-order valence-electron chi connectivity index (χ2n) is 4.09. The number of nitrogens with one attached hydrogen (secondary N) is 1. The van der Waals surface area contributed by atoms with E-state index >= 15 is 0 Å². The maximum Gasteiger partial charge on any atom is 0.321 e. The van der Waals surface area contributed by atoms with Gasteiger partial charge in [-0.05, 0) is 40.5 Å². The summed E-state index contributed by atoms with van der Waals surface area (Å²) in [6, 6.07) is 1.35. The lowest BCUT2D eigenvalue weighted by Crippen LogP contribution is -2.41. The Balaban J connectivity index is 3.00. The predicted octanol–water partition coefficient (Wildman–Crippen LogP) is 0.585. The first-order valence-corrected chi connectivity index (χ1v) is 7.89. The quantitative estimate of drug-likeness (QED) is 0.635. The summed E-state index contributed by atoms with van der Waals surface area (Å²) < 4.78 is 39.0. The van der Waals surface area contributed by atoms with Crippen LogP contribution in [0.3, 0.4) is 0 Å². The van der Waals surface area contributed by atoms with E-state index in [-0.39, 0.29) is 22.2 Å². The van der Waals surface area contributed by atoms with Crippen molar-refractivity contribution >= 4 is 37.8 Å². The average Bonchev–Trinajstić information content (AvgIpc) is 2.33. The molecule has 0 fully saturated rings. The van der Waals surface area contributed by atoms with Crippen LogP contribution in [0.5, 0.6) is 0 Å². The van der Waals surface area contributed by atoms with Crippen molar-refractivity contribution in [2.45, 2.75) is 23.8 Å². The smallest absolute Gasteiger partial charge is 0.321 e. The largest absolute Gasteiger partial charge is 0.480 e. The number of rotatable bonds is 7. The molecule has 0 heterocycles. The van der Waals surface area contributed by atoms with Gasteiger partial charge in [-0.1, -0.05) is 0 Å². The van der Waals surface area contributed by atoms with E-state index in [0.717, 1.165) is 18.2 Å². The fraction of sp³-hybridized carbons (Fsp3) is 0.273. The summed E-state index contributed by atoms with van der Waals surface area (Å²) >= 11 is 2.89. The number of aliphatic carboxylic acids is 1. The Hall–Kier alpha value is -1.52. The molecule has 0 aliphatic heterocycles. The number of halogens is 2. The van der Waals surface area contributed by atoms with Crippen molar-refractivity contribution < 1.29 is 27.5 Å². The van der Waals surface area contributed by atoms with E-state index in [1.807, 2.05) is 4.72 Å². The lowest BCUT2D eigenvalue weighted by atomic mass is 10.2. The summed E-state index contributed by atoms with van der Waals surface area (Å²) in [6.45, 7) is 0. The van der Waals surface area contributed by atoms with Crippen LogP contribution in [0.2, 0.25) is 0 Å². The number of benzene rings is 1. The van der Waals surface area contributed by atoms with Crippen LogP contribution in [0.4, 0.5) is 4.39 Å². The number of carbonyl (C=O) groups excluding carboxylic acids is 1. The van der Waals surface area contributed by atoms with E-state index in [1.54, 1.807) is 0 Å². The first-order valence-electron chi connectivity index (χ1n) is 5.62. The molecular weight excluding hydrogens is 371 g/mol. The number of carbonyl (C=O) groups is 2. The molecule has 1 atom stereocenters. The van der Waals surface area contributed by atoms with Crippen LogP contribution < -0.4 is 10.5 Å². The second kappa shape index (κ2) is 6.96. The zero-order chi connectivity index (χ0) is 16.2. The maximum atomic E-state index is 12.9. The van der Waals surface area contributed by atoms with Gasteiger partial charge < -0.3 is 10.8 Å². The molecule has 10 heteroatoms. The van der Waals surface area contributed by atoms with Crippen LogP contribution >= 0.6 is 15.9 Å². The van der Waals surface area contributed by atoms with E-state index < -0.39 is 33.8 Å². The Morgan fingerprint density at radius 3 is 2.52 bits per heavy atom. The Kier molecular flexibility index (Phi) is 5.81. The van der Waals surface area contributed by atoms with Crippen LogP contribution in [-0.2, 0) is 19.6 Å². The van der Waals surface area contributed by atoms with Crippen LogP contribution in [-0.4, -0.2) is 31.4 Å². The van der Waals surface area contributed by atoms with E-state index in [0.29, 0.717) is 0 Å². The summed E-state index contributed by atoms with van der Waals surface area (Å²) in [6.07, 6.45) is -0.577. The third-order valence-corrected chi connectivity index (χ3v) is 4.91. The lowest BCUT2D eigenvalue weighted by molar-refractivity contribution is -0.139. The molecule has 21 heavy (non-hydrogen) atoms. The summed E-state index contributed by atoms with van der Waals surface area (Å²) in [7, 11) is -4.20. The highest BCUT2D eigenvalue weighted by atomic mass is 79.9. The Morgan fingerprint density at radius 1 is 1.43 bits per heavy atom. The number of nitrogens with two attached hydrogens (primary N) is 1. The minimum Gasteiger partial charge on any atom is -0.480 e. The molecule has 1 aromatic carbocycles.